The van der Waals surface area contributed by atoms with Gasteiger partial charge in [-0.3, -0.25) is 9.59 Å². The van der Waals surface area contributed by atoms with Crippen LogP contribution >= 0.6 is 11.3 Å². The number of nitrogens with zero attached hydrogens (tertiary/aromatic N) is 2. The SMILES string of the molecule is CC1(C)[C@@H](C(=O)O)[C@@H]1C(=O)Nc1nnc(Cc2ccc(F)cc2)s1. The van der Waals surface area contributed by atoms with Gasteiger partial charge in [-0.1, -0.05) is 37.3 Å². The van der Waals surface area contributed by atoms with Gasteiger partial charge in [0.25, 0.3) is 0 Å². The molecule has 1 amide bonds. The van der Waals surface area contributed by atoms with Crippen LogP contribution in [0.15, 0.2) is 24.3 Å². The monoisotopic (exact) mass is 349 g/mol. The second-order valence-electron chi connectivity index (χ2n) is 6.41. The van der Waals surface area contributed by atoms with Gasteiger partial charge in [-0.25, -0.2) is 4.39 Å². The normalized spacial score (nSPS) is 21.3. The summed E-state index contributed by atoms with van der Waals surface area (Å²) in [5.41, 5.74) is 0.331. The van der Waals surface area contributed by atoms with Gasteiger partial charge in [-0.05, 0) is 23.1 Å². The summed E-state index contributed by atoms with van der Waals surface area (Å²) < 4.78 is 12.9. The first-order valence-electron chi connectivity index (χ1n) is 7.39. The summed E-state index contributed by atoms with van der Waals surface area (Å²) in [4.78, 5) is 23.4. The van der Waals surface area contributed by atoms with E-state index in [1.165, 1.54) is 23.5 Å². The van der Waals surface area contributed by atoms with E-state index < -0.39 is 23.2 Å². The Morgan fingerprint density at radius 1 is 1.25 bits per heavy atom. The third kappa shape index (κ3) is 3.14. The van der Waals surface area contributed by atoms with E-state index in [1.807, 2.05) is 0 Å². The number of anilines is 1. The Morgan fingerprint density at radius 2 is 1.92 bits per heavy atom. The van der Waals surface area contributed by atoms with Gasteiger partial charge < -0.3 is 10.4 Å². The molecule has 0 radical (unpaired) electrons. The molecular weight excluding hydrogens is 333 g/mol. The lowest BCUT2D eigenvalue weighted by atomic mass is 10.1. The second-order valence-corrected chi connectivity index (χ2v) is 7.47. The van der Waals surface area contributed by atoms with Crippen molar-refractivity contribution in [1.82, 2.24) is 10.2 Å². The molecule has 126 valence electrons. The first-order chi connectivity index (χ1) is 11.3. The van der Waals surface area contributed by atoms with Crippen molar-refractivity contribution in [1.29, 1.82) is 0 Å². The van der Waals surface area contributed by atoms with E-state index in [0.717, 1.165) is 5.56 Å². The van der Waals surface area contributed by atoms with E-state index in [1.54, 1.807) is 26.0 Å². The molecule has 0 unspecified atom stereocenters. The van der Waals surface area contributed by atoms with E-state index in [9.17, 15) is 14.0 Å². The first-order valence-corrected chi connectivity index (χ1v) is 8.21. The van der Waals surface area contributed by atoms with E-state index in [-0.39, 0.29) is 11.7 Å². The van der Waals surface area contributed by atoms with Crippen molar-refractivity contribution >= 4 is 28.3 Å². The second kappa shape index (κ2) is 5.94. The molecule has 1 heterocycles. The number of benzene rings is 1. The fraction of sp³-hybridized carbons (Fsp3) is 0.375. The molecule has 1 aromatic heterocycles. The lowest BCUT2D eigenvalue weighted by Gasteiger charge is -2.01. The van der Waals surface area contributed by atoms with Crippen molar-refractivity contribution in [3.8, 4) is 0 Å². The highest BCUT2D eigenvalue weighted by atomic mass is 32.1. The Kier molecular flexibility index (Phi) is 4.08. The van der Waals surface area contributed by atoms with Crippen LogP contribution in [0.25, 0.3) is 0 Å². The molecule has 1 aliphatic carbocycles. The van der Waals surface area contributed by atoms with Crippen molar-refractivity contribution in [2.45, 2.75) is 20.3 Å². The summed E-state index contributed by atoms with van der Waals surface area (Å²) in [6.07, 6.45) is 0.487. The van der Waals surface area contributed by atoms with Crippen LogP contribution in [0.4, 0.5) is 9.52 Å². The van der Waals surface area contributed by atoms with Crippen LogP contribution in [-0.2, 0) is 16.0 Å². The molecular formula is C16H16FN3O3S. The molecule has 0 saturated heterocycles. The number of aliphatic carboxylic acids is 1. The zero-order valence-corrected chi connectivity index (χ0v) is 13.9. The zero-order chi connectivity index (χ0) is 17.5. The summed E-state index contributed by atoms with van der Waals surface area (Å²) in [5.74, 6) is -2.86. The van der Waals surface area contributed by atoms with E-state index >= 15 is 0 Å². The topological polar surface area (TPSA) is 92.2 Å². The number of amides is 1. The van der Waals surface area contributed by atoms with E-state index in [0.29, 0.717) is 16.6 Å². The van der Waals surface area contributed by atoms with Crippen LogP contribution < -0.4 is 5.32 Å². The molecule has 2 atom stereocenters. The zero-order valence-electron chi connectivity index (χ0n) is 13.1. The average molecular weight is 349 g/mol. The molecule has 1 aromatic carbocycles. The summed E-state index contributed by atoms with van der Waals surface area (Å²) in [5, 5.41) is 20.7. The predicted octanol–water partition coefficient (Wildman–Crippen LogP) is 2.56. The minimum atomic E-state index is -0.964. The molecule has 24 heavy (non-hydrogen) atoms. The Hall–Kier alpha value is -2.35. The number of carbonyl (C=O) groups is 2. The van der Waals surface area contributed by atoms with Crippen molar-refractivity contribution in [2.24, 2.45) is 17.3 Å². The smallest absolute Gasteiger partial charge is 0.307 e. The predicted molar refractivity (Wildman–Crippen MR) is 86.1 cm³/mol. The highest BCUT2D eigenvalue weighted by Crippen LogP contribution is 2.58. The number of carbonyl (C=O) groups excluding carboxylic acids is 1. The minimum absolute atomic E-state index is 0.302. The molecule has 6 nitrogen and oxygen atoms in total. The Balaban J connectivity index is 1.63. The lowest BCUT2D eigenvalue weighted by molar-refractivity contribution is -0.140. The molecule has 3 rings (SSSR count). The Bertz CT molecular complexity index is 788. The molecule has 0 aliphatic heterocycles. The summed E-state index contributed by atoms with van der Waals surface area (Å²) >= 11 is 1.22. The molecule has 8 heteroatoms. The maximum Gasteiger partial charge on any atom is 0.307 e. The molecule has 0 spiro atoms. The van der Waals surface area contributed by atoms with Crippen LogP contribution in [0.3, 0.4) is 0 Å². The van der Waals surface area contributed by atoms with Crippen LogP contribution in [0.1, 0.15) is 24.4 Å². The molecule has 1 fully saturated rings. The van der Waals surface area contributed by atoms with Crippen LogP contribution in [-0.4, -0.2) is 27.2 Å². The van der Waals surface area contributed by atoms with Crippen molar-refractivity contribution < 1.29 is 19.1 Å². The molecule has 2 aromatic rings. The van der Waals surface area contributed by atoms with Crippen molar-refractivity contribution in [2.75, 3.05) is 5.32 Å². The maximum absolute atomic E-state index is 12.9. The molecule has 1 saturated carbocycles. The number of carboxylic acid groups (broad SMARTS) is 1. The quantitative estimate of drug-likeness (QED) is 0.865. The number of nitrogens with one attached hydrogen (secondary N) is 1. The fourth-order valence-electron chi connectivity index (χ4n) is 2.92. The number of halogens is 1. The van der Waals surface area contributed by atoms with Gasteiger partial charge in [-0.15, -0.1) is 10.2 Å². The average Bonchev–Trinajstić information content (AvgIpc) is 2.85. The number of aromatic nitrogens is 2. The Morgan fingerprint density at radius 3 is 2.50 bits per heavy atom. The molecule has 2 N–H and O–H groups in total. The number of hydrogen-bond donors (Lipinski definition) is 2. The standard InChI is InChI=1S/C16H16FN3O3S/c1-16(2)11(12(16)14(22)23)13(21)18-15-20-19-10(24-15)7-8-3-5-9(17)6-4-8/h3-6,11-12H,7H2,1-2H3,(H,22,23)(H,18,20,21)/t11-,12-/m1/s1. The number of rotatable bonds is 5. The first kappa shape index (κ1) is 16.5. The Labute approximate surface area is 141 Å². The maximum atomic E-state index is 12.9. The third-order valence-electron chi connectivity index (χ3n) is 4.34. The van der Waals surface area contributed by atoms with Gasteiger partial charge in [0.1, 0.15) is 10.8 Å². The van der Waals surface area contributed by atoms with Crippen LogP contribution in [0, 0.1) is 23.1 Å². The highest BCUT2D eigenvalue weighted by Gasteiger charge is 2.66. The van der Waals surface area contributed by atoms with Gasteiger partial charge >= 0.3 is 5.97 Å². The van der Waals surface area contributed by atoms with E-state index in [4.69, 9.17) is 5.11 Å². The van der Waals surface area contributed by atoms with E-state index in [2.05, 4.69) is 15.5 Å². The summed E-state index contributed by atoms with van der Waals surface area (Å²) in [6.45, 7) is 3.52. The van der Waals surface area contributed by atoms with Crippen LogP contribution in [0.2, 0.25) is 0 Å². The minimum Gasteiger partial charge on any atom is -0.481 e. The van der Waals surface area contributed by atoms with Crippen molar-refractivity contribution in [3.63, 3.8) is 0 Å². The third-order valence-corrected chi connectivity index (χ3v) is 5.18. The highest BCUT2D eigenvalue weighted by molar-refractivity contribution is 7.15. The number of hydrogen-bond acceptors (Lipinski definition) is 5. The molecule has 1 aliphatic rings. The fourth-order valence-corrected chi connectivity index (χ4v) is 3.70. The molecule has 0 bridgehead atoms. The van der Waals surface area contributed by atoms with Crippen LogP contribution in [0.5, 0.6) is 0 Å². The van der Waals surface area contributed by atoms with Crippen molar-refractivity contribution in [3.05, 3.63) is 40.7 Å². The summed E-state index contributed by atoms with van der Waals surface area (Å²) in [6, 6.07) is 6.08. The van der Waals surface area contributed by atoms with Gasteiger partial charge in [0.05, 0.1) is 11.8 Å². The summed E-state index contributed by atoms with van der Waals surface area (Å²) in [7, 11) is 0. The largest absolute Gasteiger partial charge is 0.481 e. The number of carboxylic acids is 1. The van der Waals surface area contributed by atoms with Gasteiger partial charge in [0.2, 0.25) is 11.0 Å². The van der Waals surface area contributed by atoms with Gasteiger partial charge in [-0.2, -0.15) is 0 Å². The van der Waals surface area contributed by atoms with Gasteiger partial charge in [0.15, 0.2) is 0 Å². The lowest BCUT2D eigenvalue weighted by Crippen LogP contribution is -2.17. The van der Waals surface area contributed by atoms with Gasteiger partial charge in [0, 0.05) is 6.42 Å².